The summed E-state index contributed by atoms with van der Waals surface area (Å²) in [4.78, 5) is 19.7. The maximum atomic E-state index is 12.4. The smallest absolute Gasteiger partial charge is 0.291 e. The monoisotopic (exact) mass is 279 g/mol. The van der Waals surface area contributed by atoms with E-state index in [1.807, 2.05) is 48.5 Å². The van der Waals surface area contributed by atoms with Crippen LogP contribution in [-0.4, -0.2) is 15.9 Å². The Bertz CT molecular complexity index is 756. The van der Waals surface area contributed by atoms with Gasteiger partial charge in [0, 0.05) is 5.69 Å². The SMILES string of the molecule is CC(C)c1ccccc1NC(=O)c1nc2ccccc2[nH]1. The third-order valence-corrected chi connectivity index (χ3v) is 3.44. The molecule has 4 nitrogen and oxygen atoms in total. The van der Waals surface area contributed by atoms with E-state index < -0.39 is 0 Å². The maximum Gasteiger partial charge on any atom is 0.291 e. The Kier molecular flexibility index (Phi) is 3.44. The van der Waals surface area contributed by atoms with Gasteiger partial charge >= 0.3 is 0 Å². The number of hydrogen-bond donors (Lipinski definition) is 2. The zero-order chi connectivity index (χ0) is 14.8. The van der Waals surface area contributed by atoms with Gasteiger partial charge in [0.15, 0.2) is 5.82 Å². The zero-order valence-corrected chi connectivity index (χ0v) is 12.1. The molecule has 1 heterocycles. The number of aromatic amines is 1. The summed E-state index contributed by atoms with van der Waals surface area (Å²) >= 11 is 0. The molecule has 0 saturated heterocycles. The van der Waals surface area contributed by atoms with Crippen LogP contribution in [0.15, 0.2) is 48.5 Å². The van der Waals surface area contributed by atoms with Crippen LogP contribution in [0, 0.1) is 0 Å². The van der Waals surface area contributed by atoms with Gasteiger partial charge in [-0.05, 0) is 29.7 Å². The van der Waals surface area contributed by atoms with Crippen LogP contribution in [0.5, 0.6) is 0 Å². The summed E-state index contributed by atoms with van der Waals surface area (Å²) in [6, 6.07) is 15.4. The summed E-state index contributed by atoms with van der Waals surface area (Å²) in [6.45, 7) is 4.21. The topological polar surface area (TPSA) is 57.8 Å². The normalized spacial score (nSPS) is 11.0. The van der Waals surface area contributed by atoms with Crippen molar-refractivity contribution < 1.29 is 4.79 Å². The van der Waals surface area contributed by atoms with E-state index in [9.17, 15) is 4.79 Å². The number of imidazole rings is 1. The molecule has 106 valence electrons. The molecule has 4 heteroatoms. The van der Waals surface area contributed by atoms with Gasteiger partial charge in [-0.15, -0.1) is 0 Å². The number of anilines is 1. The van der Waals surface area contributed by atoms with Crippen LogP contribution in [0.1, 0.15) is 35.9 Å². The first kappa shape index (κ1) is 13.4. The molecule has 1 amide bonds. The quantitative estimate of drug-likeness (QED) is 0.763. The van der Waals surface area contributed by atoms with E-state index in [1.54, 1.807) is 0 Å². The van der Waals surface area contributed by atoms with Crippen LogP contribution in [0.25, 0.3) is 11.0 Å². The first-order chi connectivity index (χ1) is 10.1. The van der Waals surface area contributed by atoms with Crippen LogP contribution in [0.4, 0.5) is 5.69 Å². The summed E-state index contributed by atoms with van der Waals surface area (Å²) in [5.74, 6) is 0.450. The minimum atomic E-state index is -0.223. The highest BCUT2D eigenvalue weighted by molar-refractivity contribution is 6.03. The number of H-pyrrole nitrogens is 1. The molecule has 2 N–H and O–H groups in total. The van der Waals surface area contributed by atoms with Gasteiger partial charge in [-0.25, -0.2) is 4.98 Å². The number of carbonyl (C=O) groups is 1. The van der Waals surface area contributed by atoms with Crippen LogP contribution in [-0.2, 0) is 0 Å². The number of fused-ring (bicyclic) bond motifs is 1. The largest absolute Gasteiger partial charge is 0.334 e. The number of nitrogens with zero attached hydrogens (tertiary/aromatic N) is 1. The lowest BCUT2D eigenvalue weighted by Gasteiger charge is -2.12. The van der Waals surface area contributed by atoms with Crippen molar-refractivity contribution in [1.82, 2.24) is 9.97 Å². The number of aromatic nitrogens is 2. The molecule has 0 aliphatic heterocycles. The van der Waals surface area contributed by atoms with Gasteiger partial charge in [0.2, 0.25) is 0 Å². The van der Waals surface area contributed by atoms with Crippen molar-refractivity contribution in [3.63, 3.8) is 0 Å². The number of amides is 1. The lowest BCUT2D eigenvalue weighted by atomic mass is 10.0. The molecule has 3 aromatic rings. The van der Waals surface area contributed by atoms with E-state index >= 15 is 0 Å². The van der Waals surface area contributed by atoms with Crippen molar-refractivity contribution in [3.8, 4) is 0 Å². The van der Waals surface area contributed by atoms with Gasteiger partial charge in [-0.3, -0.25) is 4.79 Å². The fourth-order valence-corrected chi connectivity index (χ4v) is 2.36. The van der Waals surface area contributed by atoms with E-state index in [0.717, 1.165) is 22.3 Å². The van der Waals surface area contributed by atoms with Crippen molar-refractivity contribution in [2.24, 2.45) is 0 Å². The van der Waals surface area contributed by atoms with Gasteiger partial charge in [0.05, 0.1) is 11.0 Å². The zero-order valence-electron chi connectivity index (χ0n) is 12.1. The first-order valence-electron chi connectivity index (χ1n) is 7.00. The van der Waals surface area contributed by atoms with Crippen molar-refractivity contribution in [2.75, 3.05) is 5.32 Å². The molecular weight excluding hydrogens is 262 g/mol. The van der Waals surface area contributed by atoms with Crippen molar-refractivity contribution >= 4 is 22.6 Å². The highest BCUT2D eigenvalue weighted by Crippen LogP contribution is 2.24. The Morgan fingerprint density at radius 2 is 1.81 bits per heavy atom. The summed E-state index contributed by atoms with van der Waals surface area (Å²) in [5.41, 5.74) is 3.60. The number of rotatable bonds is 3. The van der Waals surface area contributed by atoms with Gasteiger partial charge in [0.25, 0.3) is 5.91 Å². The second kappa shape index (κ2) is 5.40. The van der Waals surface area contributed by atoms with E-state index in [-0.39, 0.29) is 5.91 Å². The van der Waals surface area contributed by atoms with E-state index in [0.29, 0.717) is 11.7 Å². The molecular formula is C17H17N3O. The van der Waals surface area contributed by atoms with Crippen molar-refractivity contribution in [2.45, 2.75) is 19.8 Å². The standard InChI is InChI=1S/C17H17N3O/c1-11(2)12-7-3-4-8-13(12)20-17(21)16-18-14-9-5-6-10-15(14)19-16/h3-11H,1-2H3,(H,18,19)(H,20,21). The average molecular weight is 279 g/mol. The molecule has 3 rings (SSSR count). The third-order valence-electron chi connectivity index (χ3n) is 3.44. The van der Waals surface area contributed by atoms with Gasteiger partial charge in [0.1, 0.15) is 0 Å². The average Bonchev–Trinajstić information content (AvgIpc) is 2.91. The fourth-order valence-electron chi connectivity index (χ4n) is 2.36. The van der Waals surface area contributed by atoms with Gasteiger partial charge in [-0.2, -0.15) is 0 Å². The van der Waals surface area contributed by atoms with E-state index in [1.165, 1.54) is 0 Å². The Labute approximate surface area is 123 Å². The lowest BCUT2D eigenvalue weighted by molar-refractivity contribution is 0.101. The second-order valence-electron chi connectivity index (χ2n) is 5.30. The van der Waals surface area contributed by atoms with E-state index in [2.05, 4.69) is 29.1 Å². The Morgan fingerprint density at radius 3 is 2.57 bits per heavy atom. The predicted molar refractivity (Wildman–Crippen MR) is 84.6 cm³/mol. The Morgan fingerprint density at radius 1 is 1.10 bits per heavy atom. The third kappa shape index (κ3) is 2.65. The van der Waals surface area contributed by atoms with Crippen molar-refractivity contribution in [1.29, 1.82) is 0 Å². The van der Waals surface area contributed by atoms with Crippen LogP contribution in [0.3, 0.4) is 0 Å². The molecule has 0 bridgehead atoms. The predicted octanol–water partition coefficient (Wildman–Crippen LogP) is 3.94. The molecule has 0 radical (unpaired) electrons. The molecule has 0 fully saturated rings. The Hall–Kier alpha value is -2.62. The molecule has 2 aromatic carbocycles. The molecule has 0 unspecified atom stereocenters. The van der Waals surface area contributed by atoms with Crippen LogP contribution < -0.4 is 5.32 Å². The maximum absolute atomic E-state index is 12.4. The van der Waals surface area contributed by atoms with Crippen molar-refractivity contribution in [3.05, 3.63) is 59.9 Å². The summed E-state index contributed by atoms with van der Waals surface area (Å²) in [7, 11) is 0. The van der Waals surface area contributed by atoms with Gasteiger partial charge < -0.3 is 10.3 Å². The molecule has 21 heavy (non-hydrogen) atoms. The number of carbonyl (C=O) groups excluding carboxylic acids is 1. The number of nitrogens with one attached hydrogen (secondary N) is 2. The first-order valence-corrected chi connectivity index (χ1v) is 7.00. The molecule has 0 spiro atoms. The minimum Gasteiger partial charge on any atom is -0.334 e. The molecule has 0 saturated carbocycles. The summed E-state index contributed by atoms with van der Waals surface area (Å²) in [6.07, 6.45) is 0. The number of para-hydroxylation sites is 3. The molecule has 0 atom stereocenters. The van der Waals surface area contributed by atoms with Crippen LogP contribution >= 0.6 is 0 Å². The molecule has 0 aliphatic carbocycles. The molecule has 1 aromatic heterocycles. The minimum absolute atomic E-state index is 0.223. The highest BCUT2D eigenvalue weighted by atomic mass is 16.2. The second-order valence-corrected chi connectivity index (χ2v) is 5.30. The Balaban J connectivity index is 1.89. The number of benzene rings is 2. The van der Waals surface area contributed by atoms with Gasteiger partial charge in [-0.1, -0.05) is 44.2 Å². The fraction of sp³-hybridized carbons (Fsp3) is 0.176. The highest BCUT2D eigenvalue weighted by Gasteiger charge is 2.14. The lowest BCUT2D eigenvalue weighted by Crippen LogP contribution is -2.15. The molecule has 0 aliphatic rings. The van der Waals surface area contributed by atoms with E-state index in [4.69, 9.17) is 0 Å². The summed E-state index contributed by atoms with van der Waals surface area (Å²) in [5, 5.41) is 2.94. The van der Waals surface area contributed by atoms with Crippen LogP contribution in [0.2, 0.25) is 0 Å². The summed E-state index contributed by atoms with van der Waals surface area (Å²) < 4.78 is 0. The number of hydrogen-bond acceptors (Lipinski definition) is 2.